The third kappa shape index (κ3) is 3.13. The molecule has 0 amide bonds. The molecule has 2 N–H and O–H groups in total. The van der Waals surface area contributed by atoms with Gasteiger partial charge in [-0.15, -0.1) is 11.3 Å². The summed E-state index contributed by atoms with van der Waals surface area (Å²) in [5.74, 6) is -1.11. The average Bonchev–Trinajstić information content (AvgIpc) is 2.78. The van der Waals surface area contributed by atoms with Gasteiger partial charge in [-0.05, 0) is 25.2 Å². The monoisotopic (exact) mass is 321 g/mol. The van der Waals surface area contributed by atoms with Crippen molar-refractivity contribution < 1.29 is 18.3 Å². The van der Waals surface area contributed by atoms with Crippen LogP contribution in [-0.2, 0) is 10.0 Å². The van der Waals surface area contributed by atoms with Crippen LogP contribution in [0.25, 0.3) is 0 Å². The number of carboxylic acid groups (broad SMARTS) is 1. The molecule has 8 heteroatoms. The Bertz CT molecular complexity index is 569. The molecule has 0 saturated heterocycles. The zero-order valence-corrected chi connectivity index (χ0v) is 12.8. The maximum Gasteiger partial charge on any atom is 0.345 e. The number of thiophene rings is 1. The van der Waals surface area contributed by atoms with Crippen molar-refractivity contribution in [2.75, 3.05) is 12.8 Å². The van der Waals surface area contributed by atoms with E-state index in [1.165, 1.54) is 11.4 Å². The van der Waals surface area contributed by atoms with Crippen LogP contribution in [0.15, 0.2) is 16.3 Å². The first-order valence-corrected chi connectivity index (χ1v) is 9.34. The maximum atomic E-state index is 12.1. The fourth-order valence-corrected chi connectivity index (χ4v) is 5.15. The lowest BCUT2D eigenvalue weighted by molar-refractivity contribution is 0.0702. The van der Waals surface area contributed by atoms with Gasteiger partial charge >= 0.3 is 5.97 Å². The third-order valence-corrected chi connectivity index (χ3v) is 7.25. The zero-order valence-electron chi connectivity index (χ0n) is 10.4. The second kappa shape index (κ2) is 5.43. The highest BCUT2D eigenvalue weighted by Crippen LogP contribution is 2.42. The summed E-state index contributed by atoms with van der Waals surface area (Å²) in [7, 11) is -3.61. The van der Waals surface area contributed by atoms with Crippen molar-refractivity contribution >= 4 is 39.1 Å². The Balaban J connectivity index is 2.07. The number of carboxylic acids is 1. The van der Waals surface area contributed by atoms with Gasteiger partial charge in [-0.2, -0.15) is 11.8 Å². The Morgan fingerprint density at radius 3 is 2.68 bits per heavy atom. The molecule has 106 valence electrons. The van der Waals surface area contributed by atoms with E-state index in [2.05, 4.69) is 4.72 Å². The molecule has 0 atom stereocenters. The molecule has 1 saturated carbocycles. The number of hydrogen-bond donors (Lipinski definition) is 2. The fraction of sp³-hybridized carbons (Fsp3) is 0.545. The molecular weight excluding hydrogens is 306 g/mol. The lowest BCUT2D eigenvalue weighted by atomic mass is 9.84. The topological polar surface area (TPSA) is 83.5 Å². The Morgan fingerprint density at radius 2 is 2.26 bits per heavy atom. The molecule has 1 aromatic heterocycles. The Hall–Kier alpha value is -0.570. The van der Waals surface area contributed by atoms with Crippen LogP contribution < -0.4 is 4.72 Å². The van der Waals surface area contributed by atoms with Gasteiger partial charge in [-0.3, -0.25) is 0 Å². The predicted octanol–water partition coefficient (Wildman–Crippen LogP) is 2.01. The van der Waals surface area contributed by atoms with Crippen LogP contribution in [0.2, 0.25) is 0 Å². The molecule has 1 fully saturated rings. The van der Waals surface area contributed by atoms with E-state index in [4.69, 9.17) is 5.11 Å². The number of hydrogen-bond acceptors (Lipinski definition) is 5. The third-order valence-electron chi connectivity index (χ3n) is 3.38. The van der Waals surface area contributed by atoms with E-state index in [-0.39, 0.29) is 14.5 Å². The standard InChI is InChI=1S/C11H15NO4S3/c1-17-11(3-2-4-11)7-12-19(15,16)8-5-9(10(13)14)18-6-8/h5-6,12H,2-4,7H2,1H3,(H,13,14). The molecule has 2 rings (SSSR count). The molecule has 0 aliphatic heterocycles. The SMILES string of the molecule is CSC1(CNS(=O)(=O)c2csc(C(=O)O)c2)CCC1. The molecule has 19 heavy (non-hydrogen) atoms. The average molecular weight is 321 g/mol. The zero-order chi connectivity index (χ0) is 14.1. The summed E-state index contributed by atoms with van der Waals surface area (Å²) in [5.41, 5.74) is 0. The summed E-state index contributed by atoms with van der Waals surface area (Å²) in [4.78, 5) is 10.8. The number of carbonyl (C=O) groups is 1. The van der Waals surface area contributed by atoms with Gasteiger partial charge in [0.25, 0.3) is 0 Å². The van der Waals surface area contributed by atoms with Crippen molar-refractivity contribution in [1.29, 1.82) is 0 Å². The van der Waals surface area contributed by atoms with Crippen LogP contribution >= 0.6 is 23.1 Å². The fourth-order valence-electron chi connectivity index (χ4n) is 1.91. The van der Waals surface area contributed by atoms with Crippen molar-refractivity contribution in [3.63, 3.8) is 0 Å². The van der Waals surface area contributed by atoms with Gasteiger partial charge in [0.05, 0.1) is 4.90 Å². The smallest absolute Gasteiger partial charge is 0.345 e. The van der Waals surface area contributed by atoms with Crippen molar-refractivity contribution in [2.24, 2.45) is 0 Å². The number of nitrogens with one attached hydrogen (secondary N) is 1. The van der Waals surface area contributed by atoms with Gasteiger partial charge in [0.15, 0.2) is 0 Å². The molecule has 5 nitrogen and oxygen atoms in total. The first-order chi connectivity index (χ1) is 8.88. The number of sulfonamides is 1. The van der Waals surface area contributed by atoms with Crippen molar-refractivity contribution in [1.82, 2.24) is 4.72 Å². The van der Waals surface area contributed by atoms with Crippen molar-refractivity contribution in [3.05, 3.63) is 16.3 Å². The number of aromatic carboxylic acids is 1. The van der Waals surface area contributed by atoms with E-state index >= 15 is 0 Å². The molecule has 1 heterocycles. The van der Waals surface area contributed by atoms with Crippen LogP contribution in [0.1, 0.15) is 28.9 Å². The molecule has 0 aromatic carbocycles. The first kappa shape index (κ1) is 14.8. The second-order valence-electron chi connectivity index (χ2n) is 4.52. The second-order valence-corrected chi connectivity index (χ2v) is 8.47. The van der Waals surface area contributed by atoms with Crippen LogP contribution in [0, 0.1) is 0 Å². The quantitative estimate of drug-likeness (QED) is 0.837. The highest BCUT2D eigenvalue weighted by atomic mass is 32.2. The van der Waals surface area contributed by atoms with Crippen LogP contribution in [0.3, 0.4) is 0 Å². The van der Waals surface area contributed by atoms with Crippen molar-refractivity contribution in [3.8, 4) is 0 Å². The minimum absolute atomic E-state index is 0.0126. The van der Waals surface area contributed by atoms with Crippen molar-refractivity contribution in [2.45, 2.75) is 28.9 Å². The van der Waals surface area contributed by atoms with Gasteiger partial charge in [0, 0.05) is 16.7 Å². The van der Waals surface area contributed by atoms with E-state index in [9.17, 15) is 13.2 Å². The number of thioether (sulfide) groups is 1. The molecular formula is C11H15NO4S3. The largest absolute Gasteiger partial charge is 0.477 e. The van der Waals surface area contributed by atoms with Crippen LogP contribution in [-0.4, -0.2) is 37.0 Å². The van der Waals surface area contributed by atoms with E-state index in [1.54, 1.807) is 11.8 Å². The van der Waals surface area contributed by atoms with Crippen LogP contribution in [0.5, 0.6) is 0 Å². The molecule has 1 aliphatic rings. The van der Waals surface area contributed by atoms with E-state index < -0.39 is 16.0 Å². The summed E-state index contributed by atoms with van der Waals surface area (Å²) in [5, 5.41) is 10.2. The normalized spacial score (nSPS) is 17.9. The highest BCUT2D eigenvalue weighted by Gasteiger charge is 2.37. The molecule has 0 radical (unpaired) electrons. The lowest BCUT2D eigenvalue weighted by Crippen LogP contribution is -2.45. The Labute approximate surface area is 120 Å². The van der Waals surface area contributed by atoms with Gasteiger partial charge in [0.2, 0.25) is 10.0 Å². The van der Waals surface area contributed by atoms with Gasteiger partial charge in [-0.1, -0.05) is 6.42 Å². The minimum Gasteiger partial charge on any atom is -0.477 e. The van der Waals surface area contributed by atoms with E-state index in [0.717, 1.165) is 30.6 Å². The minimum atomic E-state index is -3.61. The molecule has 1 aliphatic carbocycles. The Kier molecular flexibility index (Phi) is 4.24. The highest BCUT2D eigenvalue weighted by molar-refractivity contribution is 8.00. The summed E-state index contributed by atoms with van der Waals surface area (Å²) in [6.45, 7) is 0.398. The maximum absolute atomic E-state index is 12.1. The summed E-state index contributed by atoms with van der Waals surface area (Å²) in [6, 6.07) is 1.20. The summed E-state index contributed by atoms with van der Waals surface area (Å²) >= 11 is 2.61. The van der Waals surface area contributed by atoms with E-state index in [0.29, 0.717) is 6.54 Å². The number of rotatable bonds is 6. The predicted molar refractivity (Wildman–Crippen MR) is 76.6 cm³/mol. The first-order valence-electron chi connectivity index (χ1n) is 5.75. The Morgan fingerprint density at radius 1 is 1.58 bits per heavy atom. The van der Waals surface area contributed by atoms with Gasteiger partial charge in [0.1, 0.15) is 4.88 Å². The molecule has 0 bridgehead atoms. The molecule has 0 unspecified atom stereocenters. The van der Waals surface area contributed by atoms with Gasteiger partial charge in [-0.25, -0.2) is 17.9 Å². The van der Waals surface area contributed by atoms with Crippen LogP contribution in [0.4, 0.5) is 0 Å². The summed E-state index contributed by atoms with van der Waals surface area (Å²) in [6.07, 6.45) is 5.15. The molecule has 1 aromatic rings. The van der Waals surface area contributed by atoms with E-state index in [1.807, 2.05) is 6.26 Å². The lowest BCUT2D eigenvalue weighted by Gasteiger charge is -2.40. The molecule has 0 spiro atoms. The van der Waals surface area contributed by atoms with Gasteiger partial charge < -0.3 is 5.11 Å². The summed E-state index contributed by atoms with van der Waals surface area (Å²) < 4.78 is 26.7.